The van der Waals surface area contributed by atoms with Crippen LogP contribution in [0, 0.1) is 23.3 Å². The van der Waals surface area contributed by atoms with Crippen LogP contribution < -0.4 is 0 Å². The van der Waals surface area contributed by atoms with Crippen molar-refractivity contribution in [3.63, 3.8) is 0 Å². The first-order valence-electron chi connectivity index (χ1n) is 9.64. The molecule has 3 aromatic rings. The van der Waals surface area contributed by atoms with Gasteiger partial charge in [0, 0.05) is 5.56 Å². The molecule has 0 spiro atoms. The maximum absolute atomic E-state index is 14.4. The van der Waals surface area contributed by atoms with Gasteiger partial charge in [0.2, 0.25) is 0 Å². The smallest absolute Gasteiger partial charge is 0.206 e. The normalized spacial score (nSPS) is 11.3. The van der Waals surface area contributed by atoms with E-state index in [1.165, 1.54) is 0 Å². The maximum Gasteiger partial charge on any atom is 0.269 e. The Morgan fingerprint density at radius 2 is 1.30 bits per heavy atom. The molecular formula is C24H20F6. The molecule has 0 aliphatic carbocycles. The average Bonchev–Trinajstić information content (AvgIpc) is 2.70. The van der Waals surface area contributed by atoms with E-state index >= 15 is 0 Å². The SMILES string of the molecule is CCCc1ccc(-c2ccc(CCc3cc(F)c(C(F)F)c(F)c3)cc2)c(F)c1F. The number of rotatable bonds is 7. The van der Waals surface area contributed by atoms with E-state index in [0.29, 0.717) is 30.4 Å². The summed E-state index contributed by atoms with van der Waals surface area (Å²) >= 11 is 0. The van der Waals surface area contributed by atoms with E-state index in [-0.39, 0.29) is 17.5 Å². The van der Waals surface area contributed by atoms with Crippen LogP contribution in [0.2, 0.25) is 0 Å². The van der Waals surface area contributed by atoms with Crippen molar-refractivity contribution >= 4 is 0 Å². The van der Waals surface area contributed by atoms with Gasteiger partial charge in [-0.1, -0.05) is 49.7 Å². The molecule has 0 bridgehead atoms. The predicted molar refractivity (Wildman–Crippen MR) is 105 cm³/mol. The molecule has 0 nitrogen and oxygen atoms in total. The van der Waals surface area contributed by atoms with Gasteiger partial charge in [-0.15, -0.1) is 0 Å². The summed E-state index contributed by atoms with van der Waals surface area (Å²) in [6.45, 7) is 1.89. The number of hydrogen-bond acceptors (Lipinski definition) is 0. The Kier molecular flexibility index (Phi) is 6.85. The lowest BCUT2D eigenvalue weighted by molar-refractivity contribution is 0.141. The van der Waals surface area contributed by atoms with E-state index in [1.807, 2.05) is 6.92 Å². The molecule has 0 heterocycles. The van der Waals surface area contributed by atoms with Crippen molar-refractivity contribution in [2.75, 3.05) is 0 Å². The molecule has 0 atom stereocenters. The van der Waals surface area contributed by atoms with Crippen LogP contribution in [0.15, 0.2) is 48.5 Å². The highest BCUT2D eigenvalue weighted by atomic mass is 19.3. The monoisotopic (exact) mass is 422 g/mol. The minimum atomic E-state index is -3.21. The Morgan fingerprint density at radius 1 is 0.700 bits per heavy atom. The first kappa shape index (κ1) is 21.9. The minimum Gasteiger partial charge on any atom is -0.206 e. The van der Waals surface area contributed by atoms with Gasteiger partial charge >= 0.3 is 0 Å². The largest absolute Gasteiger partial charge is 0.269 e. The van der Waals surface area contributed by atoms with Gasteiger partial charge in [-0.25, -0.2) is 26.3 Å². The second-order valence-electron chi connectivity index (χ2n) is 7.12. The molecule has 158 valence electrons. The van der Waals surface area contributed by atoms with E-state index in [4.69, 9.17) is 0 Å². The molecule has 30 heavy (non-hydrogen) atoms. The number of hydrogen-bond donors (Lipinski definition) is 0. The third-order valence-electron chi connectivity index (χ3n) is 5.01. The third kappa shape index (κ3) is 4.69. The lowest BCUT2D eigenvalue weighted by Gasteiger charge is -2.10. The molecule has 0 saturated carbocycles. The van der Waals surface area contributed by atoms with Crippen LogP contribution >= 0.6 is 0 Å². The van der Waals surface area contributed by atoms with Crippen molar-refractivity contribution in [3.05, 3.63) is 94.1 Å². The molecule has 0 aliphatic heterocycles. The summed E-state index contributed by atoms with van der Waals surface area (Å²) < 4.78 is 81.2. The molecule has 0 fully saturated rings. The summed E-state index contributed by atoms with van der Waals surface area (Å²) in [4.78, 5) is 0. The number of aryl methyl sites for hydroxylation is 3. The van der Waals surface area contributed by atoms with E-state index in [2.05, 4.69) is 0 Å². The molecule has 0 N–H and O–H groups in total. The van der Waals surface area contributed by atoms with Crippen molar-refractivity contribution in [2.24, 2.45) is 0 Å². The second-order valence-corrected chi connectivity index (χ2v) is 7.12. The quantitative estimate of drug-likeness (QED) is 0.344. The summed E-state index contributed by atoms with van der Waals surface area (Å²) in [5.41, 5.74) is 0.858. The zero-order chi connectivity index (χ0) is 21.8. The summed E-state index contributed by atoms with van der Waals surface area (Å²) in [7, 11) is 0. The maximum atomic E-state index is 14.4. The Labute approximate surface area is 171 Å². The van der Waals surface area contributed by atoms with Crippen LogP contribution in [-0.4, -0.2) is 0 Å². The predicted octanol–water partition coefficient (Wildman–Crippen LogP) is 7.59. The van der Waals surface area contributed by atoms with Crippen molar-refractivity contribution in [1.82, 2.24) is 0 Å². The average molecular weight is 422 g/mol. The summed E-state index contributed by atoms with van der Waals surface area (Å²) in [6.07, 6.45) is -1.40. The zero-order valence-corrected chi connectivity index (χ0v) is 16.3. The molecule has 3 aromatic carbocycles. The fourth-order valence-electron chi connectivity index (χ4n) is 3.40. The standard InChI is InChI=1S/C24H20F6/c1-2-3-17-10-11-18(23(28)22(17)27)16-8-6-14(7-9-16)4-5-15-12-19(25)21(24(29)30)20(26)13-15/h6-13,24H,2-5H2,1H3. The highest BCUT2D eigenvalue weighted by molar-refractivity contribution is 5.65. The molecular weight excluding hydrogens is 402 g/mol. The van der Waals surface area contributed by atoms with Gasteiger partial charge < -0.3 is 0 Å². The van der Waals surface area contributed by atoms with Crippen LogP contribution in [-0.2, 0) is 19.3 Å². The number of alkyl halides is 2. The Balaban J connectivity index is 1.74. The van der Waals surface area contributed by atoms with Crippen LogP contribution in [0.1, 0.15) is 42.0 Å². The number of halogens is 6. The molecule has 0 saturated heterocycles. The van der Waals surface area contributed by atoms with Crippen molar-refractivity contribution in [1.29, 1.82) is 0 Å². The van der Waals surface area contributed by atoms with Crippen molar-refractivity contribution < 1.29 is 26.3 Å². The summed E-state index contributed by atoms with van der Waals surface area (Å²) in [5, 5.41) is 0. The molecule has 0 amide bonds. The van der Waals surface area contributed by atoms with Crippen LogP contribution in [0.3, 0.4) is 0 Å². The Hall–Kier alpha value is -2.76. The van der Waals surface area contributed by atoms with Gasteiger partial charge in [0.05, 0.1) is 5.56 Å². The molecule has 0 aromatic heterocycles. The van der Waals surface area contributed by atoms with E-state index in [1.54, 1.807) is 36.4 Å². The van der Waals surface area contributed by atoms with Gasteiger partial charge in [0.1, 0.15) is 11.6 Å². The fourth-order valence-corrected chi connectivity index (χ4v) is 3.40. The van der Waals surface area contributed by atoms with Crippen molar-refractivity contribution in [3.8, 4) is 11.1 Å². The van der Waals surface area contributed by atoms with Gasteiger partial charge in [-0.3, -0.25) is 0 Å². The van der Waals surface area contributed by atoms with E-state index < -0.39 is 35.3 Å². The topological polar surface area (TPSA) is 0 Å². The van der Waals surface area contributed by atoms with Crippen LogP contribution in [0.4, 0.5) is 26.3 Å². The molecule has 3 rings (SSSR count). The van der Waals surface area contributed by atoms with Crippen LogP contribution in [0.25, 0.3) is 11.1 Å². The summed E-state index contributed by atoms with van der Waals surface area (Å²) in [6, 6.07) is 11.7. The zero-order valence-electron chi connectivity index (χ0n) is 16.3. The van der Waals surface area contributed by atoms with Gasteiger partial charge in [0.15, 0.2) is 11.6 Å². The van der Waals surface area contributed by atoms with Crippen LogP contribution in [0.5, 0.6) is 0 Å². The van der Waals surface area contributed by atoms with Gasteiger partial charge in [0.25, 0.3) is 6.43 Å². The lowest BCUT2D eigenvalue weighted by atomic mass is 9.98. The highest BCUT2D eigenvalue weighted by Crippen LogP contribution is 2.29. The first-order chi connectivity index (χ1) is 14.3. The van der Waals surface area contributed by atoms with Gasteiger partial charge in [-0.05, 0) is 53.6 Å². The molecule has 0 unspecified atom stereocenters. The molecule has 0 aliphatic rings. The lowest BCUT2D eigenvalue weighted by Crippen LogP contribution is -2.00. The number of benzene rings is 3. The molecule has 0 radical (unpaired) electrons. The van der Waals surface area contributed by atoms with E-state index in [9.17, 15) is 26.3 Å². The summed E-state index contributed by atoms with van der Waals surface area (Å²) in [5.74, 6) is -4.26. The highest BCUT2D eigenvalue weighted by Gasteiger charge is 2.20. The minimum absolute atomic E-state index is 0.158. The second kappa shape index (κ2) is 9.37. The first-order valence-corrected chi connectivity index (χ1v) is 9.64. The fraction of sp³-hybridized carbons (Fsp3) is 0.250. The third-order valence-corrected chi connectivity index (χ3v) is 5.01. The Morgan fingerprint density at radius 3 is 1.87 bits per heavy atom. The molecule has 6 heteroatoms. The van der Waals surface area contributed by atoms with E-state index in [0.717, 1.165) is 17.7 Å². The van der Waals surface area contributed by atoms with Gasteiger partial charge in [-0.2, -0.15) is 0 Å². The Bertz CT molecular complexity index is 1000. The van der Waals surface area contributed by atoms with Crippen molar-refractivity contribution in [2.45, 2.75) is 39.0 Å².